The first-order valence-corrected chi connectivity index (χ1v) is 10.0. The first kappa shape index (κ1) is 16.9. The Balaban J connectivity index is 1.42. The van der Waals surface area contributed by atoms with E-state index in [1.807, 2.05) is 18.2 Å². The maximum atomic E-state index is 13.0. The number of imide groups is 1. The van der Waals surface area contributed by atoms with Crippen LogP contribution in [0.4, 0.5) is 0 Å². The Morgan fingerprint density at radius 1 is 1.19 bits per heavy atom. The van der Waals surface area contributed by atoms with E-state index in [4.69, 9.17) is 4.74 Å². The Labute approximate surface area is 165 Å². The molecule has 2 amide bonds. The van der Waals surface area contributed by atoms with Crippen molar-refractivity contribution in [1.82, 2.24) is 5.01 Å². The first-order valence-electron chi connectivity index (χ1n) is 9.23. The third-order valence-electron chi connectivity index (χ3n) is 6.28. The Morgan fingerprint density at radius 3 is 2.48 bits per heavy atom. The summed E-state index contributed by atoms with van der Waals surface area (Å²) < 4.78 is 6.51. The Morgan fingerprint density at radius 2 is 1.85 bits per heavy atom. The van der Waals surface area contributed by atoms with E-state index in [1.165, 1.54) is 6.21 Å². The van der Waals surface area contributed by atoms with Crippen LogP contribution in [0.25, 0.3) is 0 Å². The van der Waals surface area contributed by atoms with E-state index in [0.717, 1.165) is 15.9 Å². The van der Waals surface area contributed by atoms with Crippen LogP contribution >= 0.6 is 15.9 Å². The molecule has 1 aromatic rings. The highest BCUT2D eigenvalue weighted by Crippen LogP contribution is 2.65. The quantitative estimate of drug-likeness (QED) is 0.411. The van der Waals surface area contributed by atoms with Crippen molar-refractivity contribution in [3.8, 4) is 5.75 Å². The lowest BCUT2D eigenvalue weighted by molar-refractivity contribution is -0.140. The highest BCUT2D eigenvalue weighted by Gasteiger charge is 2.67. The number of hydrogen-bond acceptors (Lipinski definition) is 4. The molecule has 0 N–H and O–H groups in total. The molecule has 6 rings (SSSR count). The summed E-state index contributed by atoms with van der Waals surface area (Å²) in [5, 5.41) is 5.37. The average molecular weight is 427 g/mol. The van der Waals surface area contributed by atoms with Gasteiger partial charge in [0.05, 0.1) is 18.1 Å². The zero-order valence-corrected chi connectivity index (χ0v) is 16.2. The molecular formula is C21H19BrN2O3. The van der Waals surface area contributed by atoms with Crippen molar-refractivity contribution in [2.45, 2.75) is 6.42 Å². The maximum absolute atomic E-state index is 13.0. The Kier molecular flexibility index (Phi) is 3.86. The van der Waals surface area contributed by atoms with Crippen molar-refractivity contribution in [2.24, 2.45) is 40.6 Å². The summed E-state index contributed by atoms with van der Waals surface area (Å²) in [5.41, 5.74) is 0.700. The van der Waals surface area contributed by atoms with E-state index in [9.17, 15) is 9.59 Å². The largest absolute Gasteiger partial charge is 0.489 e. The summed E-state index contributed by atoms with van der Waals surface area (Å²) in [6, 6.07) is 5.53. The Hall–Kier alpha value is -2.21. The van der Waals surface area contributed by atoms with Crippen molar-refractivity contribution in [3.63, 3.8) is 0 Å². The molecule has 0 unspecified atom stereocenters. The molecule has 2 saturated carbocycles. The molecule has 27 heavy (non-hydrogen) atoms. The minimum absolute atomic E-state index is 0.158. The van der Waals surface area contributed by atoms with Crippen molar-refractivity contribution >= 4 is 34.0 Å². The van der Waals surface area contributed by atoms with Crippen molar-refractivity contribution < 1.29 is 14.3 Å². The zero-order chi connectivity index (χ0) is 18.7. The normalized spacial score (nSPS) is 35.5. The van der Waals surface area contributed by atoms with Gasteiger partial charge in [0, 0.05) is 10.0 Å². The number of carbonyl (C=O) groups excluding carboxylic acids is 2. The SMILES string of the molecule is C=CCOc1ccc(Br)cc1/C=N\N1C(=O)[C@@H]2[C@H]3C=C[C@@H]([C@@H]4C[C@@H]34)[C@@H]2C1=O. The third kappa shape index (κ3) is 2.53. The fraction of sp³-hybridized carbons (Fsp3) is 0.381. The van der Waals surface area contributed by atoms with Crippen LogP contribution in [-0.4, -0.2) is 29.6 Å². The zero-order valence-electron chi connectivity index (χ0n) is 14.6. The Bertz CT molecular complexity index is 873. The summed E-state index contributed by atoms with van der Waals surface area (Å²) in [6.45, 7) is 4.02. The number of ether oxygens (including phenoxy) is 1. The lowest BCUT2D eigenvalue weighted by Crippen LogP contribution is -2.40. The molecular weight excluding hydrogens is 408 g/mol. The second-order valence-corrected chi connectivity index (χ2v) is 8.58. The average Bonchev–Trinajstić information content (AvgIpc) is 3.45. The molecule has 6 atom stereocenters. The van der Waals surface area contributed by atoms with Crippen molar-refractivity contribution in [3.05, 3.63) is 53.0 Å². The van der Waals surface area contributed by atoms with Crippen molar-refractivity contribution in [1.29, 1.82) is 0 Å². The number of carbonyl (C=O) groups is 2. The molecule has 5 aliphatic rings. The second-order valence-electron chi connectivity index (χ2n) is 7.67. The van der Waals surface area contributed by atoms with Gasteiger partial charge >= 0.3 is 0 Å². The predicted molar refractivity (Wildman–Crippen MR) is 104 cm³/mol. The fourth-order valence-electron chi connectivity index (χ4n) is 5.08. The van der Waals surface area contributed by atoms with Gasteiger partial charge < -0.3 is 4.74 Å². The van der Waals surface area contributed by atoms with E-state index in [0.29, 0.717) is 29.8 Å². The lowest BCUT2D eigenvalue weighted by atomic mass is 9.63. The molecule has 138 valence electrons. The number of rotatable bonds is 5. The van der Waals surface area contributed by atoms with Crippen LogP contribution in [0.1, 0.15) is 12.0 Å². The highest BCUT2D eigenvalue weighted by atomic mass is 79.9. The van der Waals surface area contributed by atoms with E-state index >= 15 is 0 Å². The van der Waals surface area contributed by atoms with Gasteiger partial charge in [-0.3, -0.25) is 9.59 Å². The predicted octanol–water partition coefficient (Wildman–Crippen LogP) is 3.40. The van der Waals surface area contributed by atoms with Crippen molar-refractivity contribution in [2.75, 3.05) is 6.61 Å². The number of benzene rings is 1. The van der Waals surface area contributed by atoms with Gasteiger partial charge in [0.1, 0.15) is 12.4 Å². The minimum atomic E-state index is -0.229. The number of hydrazone groups is 1. The molecule has 4 aliphatic carbocycles. The molecule has 1 saturated heterocycles. The van der Waals surface area contributed by atoms with Gasteiger partial charge in [-0.05, 0) is 48.3 Å². The van der Waals surface area contributed by atoms with Crippen LogP contribution in [0.15, 0.2) is 52.6 Å². The molecule has 1 aliphatic heterocycles. The van der Waals surface area contributed by atoms with Gasteiger partial charge in [-0.2, -0.15) is 10.1 Å². The number of hydrogen-bond donors (Lipinski definition) is 0. The molecule has 2 bridgehead atoms. The second kappa shape index (κ2) is 6.16. The van der Waals surface area contributed by atoms with Crippen LogP contribution in [0, 0.1) is 35.5 Å². The summed E-state index contributed by atoms with van der Waals surface area (Å²) in [6.07, 6.45) is 8.67. The molecule has 3 fully saturated rings. The molecule has 5 nitrogen and oxygen atoms in total. The minimum Gasteiger partial charge on any atom is -0.489 e. The number of allylic oxidation sites excluding steroid dienone is 2. The summed E-state index contributed by atoms with van der Waals surface area (Å²) >= 11 is 3.43. The molecule has 0 radical (unpaired) electrons. The van der Waals surface area contributed by atoms with Crippen LogP contribution in [0.2, 0.25) is 0 Å². The maximum Gasteiger partial charge on any atom is 0.254 e. The van der Waals surface area contributed by atoms with E-state index in [1.54, 1.807) is 6.08 Å². The topological polar surface area (TPSA) is 59.0 Å². The van der Waals surface area contributed by atoms with Gasteiger partial charge in [0.25, 0.3) is 11.8 Å². The van der Waals surface area contributed by atoms with Gasteiger partial charge in [0.15, 0.2) is 0 Å². The van der Waals surface area contributed by atoms with Crippen LogP contribution < -0.4 is 4.74 Å². The molecule has 0 aromatic heterocycles. The van der Waals surface area contributed by atoms with Crippen LogP contribution in [-0.2, 0) is 9.59 Å². The van der Waals surface area contributed by atoms with Gasteiger partial charge in [-0.15, -0.1) is 0 Å². The first-order chi connectivity index (χ1) is 13.1. The third-order valence-corrected chi connectivity index (χ3v) is 6.77. The summed E-state index contributed by atoms with van der Waals surface area (Å²) in [4.78, 5) is 25.9. The number of nitrogens with zero attached hydrogens (tertiary/aromatic N) is 2. The monoisotopic (exact) mass is 426 g/mol. The van der Waals surface area contributed by atoms with E-state index < -0.39 is 0 Å². The smallest absolute Gasteiger partial charge is 0.254 e. The van der Waals surface area contributed by atoms with Gasteiger partial charge in [0.2, 0.25) is 0 Å². The molecule has 6 heteroatoms. The van der Waals surface area contributed by atoms with E-state index in [2.05, 4.69) is 39.8 Å². The van der Waals surface area contributed by atoms with Gasteiger partial charge in [-0.25, -0.2) is 0 Å². The van der Waals surface area contributed by atoms with E-state index in [-0.39, 0.29) is 35.5 Å². The highest BCUT2D eigenvalue weighted by molar-refractivity contribution is 9.10. The fourth-order valence-corrected chi connectivity index (χ4v) is 5.45. The van der Waals surface area contributed by atoms with Crippen LogP contribution in [0.3, 0.4) is 0 Å². The van der Waals surface area contributed by atoms with Gasteiger partial charge in [-0.1, -0.05) is 40.7 Å². The number of halogens is 1. The standard InChI is InChI=1S/C21H19BrN2O3/c1-2-7-27-17-6-3-12(22)8-11(17)10-23-24-20(25)18-13-4-5-14(16-9-15(13)16)19(18)21(24)26/h2-6,8,10,13-16,18-19H,1,7,9H2/b23-10-/t13-,14-,15-,16-,18-,19+/m0/s1. The van der Waals surface area contributed by atoms with Crippen LogP contribution in [0.5, 0.6) is 5.75 Å². The molecule has 1 heterocycles. The lowest BCUT2D eigenvalue weighted by Gasteiger charge is -2.37. The summed E-state index contributed by atoms with van der Waals surface area (Å²) in [5.74, 6) is 1.44. The molecule has 1 aromatic carbocycles. The number of amides is 2. The summed E-state index contributed by atoms with van der Waals surface area (Å²) in [7, 11) is 0. The molecule has 0 spiro atoms.